The van der Waals surface area contributed by atoms with E-state index in [1.165, 1.54) is 4.90 Å². The second-order valence-electron chi connectivity index (χ2n) is 9.34. The number of nitrogen functional groups attached to an aromatic ring is 1. The molecule has 0 spiro atoms. The van der Waals surface area contributed by atoms with Crippen LogP contribution in [0.15, 0.2) is 54.6 Å². The van der Waals surface area contributed by atoms with Gasteiger partial charge in [-0.2, -0.15) is 0 Å². The van der Waals surface area contributed by atoms with E-state index in [-0.39, 0.29) is 31.3 Å². The molecule has 9 heteroatoms. The van der Waals surface area contributed by atoms with Crippen LogP contribution >= 0.6 is 0 Å². The molecule has 0 bridgehead atoms. The van der Waals surface area contributed by atoms with Gasteiger partial charge in [0.05, 0.1) is 13.0 Å². The highest BCUT2D eigenvalue weighted by atomic mass is 16.6. The standard InChI is InChI=1S/C26H32N4O5/c1-26(2,3)35-22(31)14-16-29(15-13-18-7-5-4-6-8-18)24(32)21-17-30(25(33)34-21)20-11-9-19(10-12-20)23(27)28/h4-12,21H,13-17H2,1-3H3,(H3,27,28). The first-order valence-electron chi connectivity index (χ1n) is 11.5. The number of benzene rings is 2. The highest BCUT2D eigenvalue weighted by Gasteiger charge is 2.39. The summed E-state index contributed by atoms with van der Waals surface area (Å²) in [7, 11) is 0. The highest BCUT2D eigenvalue weighted by molar-refractivity contribution is 5.98. The van der Waals surface area contributed by atoms with Gasteiger partial charge in [0, 0.05) is 24.3 Å². The van der Waals surface area contributed by atoms with Crippen molar-refractivity contribution in [1.82, 2.24) is 4.90 Å². The molecule has 1 atom stereocenters. The first-order chi connectivity index (χ1) is 16.5. The number of carbonyl (C=O) groups is 3. The summed E-state index contributed by atoms with van der Waals surface area (Å²) in [6, 6.07) is 16.3. The fourth-order valence-corrected chi connectivity index (χ4v) is 3.69. The minimum atomic E-state index is -0.996. The van der Waals surface area contributed by atoms with E-state index in [0.717, 1.165) is 5.56 Å². The summed E-state index contributed by atoms with van der Waals surface area (Å²) in [5, 5.41) is 7.50. The highest BCUT2D eigenvalue weighted by Crippen LogP contribution is 2.23. The van der Waals surface area contributed by atoms with E-state index in [2.05, 4.69) is 0 Å². The van der Waals surface area contributed by atoms with Crippen LogP contribution in [0, 0.1) is 5.41 Å². The number of hydrogen-bond donors (Lipinski definition) is 2. The molecule has 1 unspecified atom stereocenters. The third kappa shape index (κ3) is 7.30. The van der Waals surface area contributed by atoms with Crippen LogP contribution < -0.4 is 10.6 Å². The van der Waals surface area contributed by atoms with Gasteiger partial charge in [-0.3, -0.25) is 19.9 Å². The van der Waals surface area contributed by atoms with Crippen molar-refractivity contribution in [2.75, 3.05) is 24.5 Å². The lowest BCUT2D eigenvalue weighted by atomic mass is 10.1. The van der Waals surface area contributed by atoms with E-state index >= 15 is 0 Å². The number of nitrogens with one attached hydrogen (secondary N) is 1. The normalized spacial score (nSPS) is 15.5. The van der Waals surface area contributed by atoms with Crippen LogP contribution in [0.4, 0.5) is 10.5 Å². The fourth-order valence-electron chi connectivity index (χ4n) is 3.69. The molecule has 2 aromatic carbocycles. The first-order valence-corrected chi connectivity index (χ1v) is 11.5. The van der Waals surface area contributed by atoms with Crippen LogP contribution in [-0.2, 0) is 25.5 Å². The van der Waals surface area contributed by atoms with Crippen LogP contribution in [0.25, 0.3) is 0 Å². The van der Waals surface area contributed by atoms with Gasteiger partial charge >= 0.3 is 12.1 Å². The lowest BCUT2D eigenvalue weighted by Crippen LogP contribution is -2.43. The second kappa shape index (κ2) is 11.0. The number of nitrogens with zero attached hydrogens (tertiary/aromatic N) is 2. The quantitative estimate of drug-likeness (QED) is 0.323. The minimum Gasteiger partial charge on any atom is -0.460 e. The molecule has 2 aromatic rings. The van der Waals surface area contributed by atoms with Gasteiger partial charge in [0.15, 0.2) is 6.10 Å². The summed E-state index contributed by atoms with van der Waals surface area (Å²) in [4.78, 5) is 41.1. The van der Waals surface area contributed by atoms with E-state index in [9.17, 15) is 14.4 Å². The molecule has 3 N–H and O–H groups in total. The Morgan fingerprint density at radius 3 is 2.37 bits per heavy atom. The van der Waals surface area contributed by atoms with Gasteiger partial charge in [0.25, 0.3) is 5.91 Å². The molecule has 186 valence electrons. The van der Waals surface area contributed by atoms with Crippen LogP contribution in [0.2, 0.25) is 0 Å². The van der Waals surface area contributed by atoms with Gasteiger partial charge in [0.2, 0.25) is 0 Å². The molecule has 3 rings (SSSR count). The number of cyclic esters (lactones) is 1. The molecule has 0 radical (unpaired) electrons. The molecule has 2 amide bonds. The van der Waals surface area contributed by atoms with Gasteiger partial charge < -0.3 is 20.1 Å². The molecule has 1 aliphatic rings. The number of anilines is 1. The van der Waals surface area contributed by atoms with Crippen molar-refractivity contribution in [3.05, 3.63) is 65.7 Å². The fraction of sp³-hybridized carbons (Fsp3) is 0.385. The molecule has 35 heavy (non-hydrogen) atoms. The smallest absolute Gasteiger partial charge is 0.415 e. The van der Waals surface area contributed by atoms with Gasteiger partial charge in [-0.25, -0.2) is 4.79 Å². The largest absolute Gasteiger partial charge is 0.460 e. The SMILES string of the molecule is CC(C)(C)OC(=O)CCN(CCc1ccccc1)C(=O)C1CN(c2ccc(C(=N)N)cc2)C(=O)O1. The van der Waals surface area contributed by atoms with Crippen LogP contribution in [0.3, 0.4) is 0 Å². The summed E-state index contributed by atoms with van der Waals surface area (Å²) >= 11 is 0. The molecule has 9 nitrogen and oxygen atoms in total. The zero-order valence-corrected chi connectivity index (χ0v) is 20.3. The average Bonchev–Trinajstić information content (AvgIpc) is 3.20. The number of rotatable bonds is 9. The van der Waals surface area contributed by atoms with Crippen molar-refractivity contribution >= 4 is 29.5 Å². The molecule has 1 aliphatic heterocycles. The summed E-state index contributed by atoms with van der Waals surface area (Å²) in [6.07, 6.45) is -0.995. The Kier molecular flexibility index (Phi) is 8.11. The van der Waals surface area contributed by atoms with Gasteiger partial charge in [-0.05, 0) is 57.0 Å². The van der Waals surface area contributed by atoms with Crippen molar-refractivity contribution in [3.63, 3.8) is 0 Å². The molecule has 0 saturated carbocycles. The van der Waals surface area contributed by atoms with E-state index in [0.29, 0.717) is 24.2 Å². The average molecular weight is 481 g/mol. The van der Waals surface area contributed by atoms with Crippen LogP contribution in [0.5, 0.6) is 0 Å². The van der Waals surface area contributed by atoms with Crippen LogP contribution in [0.1, 0.15) is 38.3 Å². The number of esters is 1. The van der Waals surface area contributed by atoms with Crippen molar-refractivity contribution < 1.29 is 23.9 Å². The molecule has 1 fully saturated rings. The second-order valence-corrected chi connectivity index (χ2v) is 9.34. The number of amides is 2. The predicted molar refractivity (Wildman–Crippen MR) is 132 cm³/mol. The van der Waals surface area contributed by atoms with E-state index in [1.54, 1.807) is 49.9 Å². The molecule has 1 saturated heterocycles. The van der Waals surface area contributed by atoms with Crippen molar-refractivity contribution in [2.24, 2.45) is 5.73 Å². The van der Waals surface area contributed by atoms with Crippen LogP contribution in [-0.4, -0.2) is 60.0 Å². The maximum Gasteiger partial charge on any atom is 0.415 e. The van der Waals surface area contributed by atoms with Crippen molar-refractivity contribution in [2.45, 2.75) is 45.3 Å². The Bertz CT molecular complexity index is 1060. The van der Waals surface area contributed by atoms with Crippen molar-refractivity contribution in [3.8, 4) is 0 Å². The molecular weight excluding hydrogens is 448 g/mol. The lowest BCUT2D eigenvalue weighted by Gasteiger charge is -2.26. The molecular formula is C26H32N4O5. The monoisotopic (exact) mass is 480 g/mol. The Morgan fingerprint density at radius 2 is 1.77 bits per heavy atom. The number of ether oxygens (including phenoxy) is 2. The topological polar surface area (TPSA) is 126 Å². The first kappa shape index (κ1) is 25.7. The summed E-state index contributed by atoms with van der Waals surface area (Å²) in [5.41, 5.74) is 7.00. The zero-order chi connectivity index (χ0) is 25.6. The van der Waals surface area contributed by atoms with E-state index in [4.69, 9.17) is 20.6 Å². The van der Waals surface area contributed by atoms with E-state index < -0.39 is 23.8 Å². The maximum absolute atomic E-state index is 13.4. The molecule has 0 aliphatic carbocycles. The Balaban J connectivity index is 1.69. The zero-order valence-electron chi connectivity index (χ0n) is 20.3. The van der Waals surface area contributed by atoms with E-state index in [1.807, 2.05) is 30.3 Å². The van der Waals surface area contributed by atoms with Crippen molar-refractivity contribution in [1.29, 1.82) is 5.41 Å². The summed E-state index contributed by atoms with van der Waals surface area (Å²) in [5.74, 6) is -0.834. The van der Waals surface area contributed by atoms with Gasteiger partial charge in [-0.15, -0.1) is 0 Å². The Labute approximate surface area is 205 Å². The number of nitrogens with two attached hydrogens (primary N) is 1. The molecule has 1 heterocycles. The number of carbonyl (C=O) groups excluding carboxylic acids is 3. The number of amidine groups is 1. The third-order valence-electron chi connectivity index (χ3n) is 5.41. The minimum absolute atomic E-state index is 0.0364. The van der Waals surface area contributed by atoms with Gasteiger partial charge in [-0.1, -0.05) is 30.3 Å². The molecule has 0 aromatic heterocycles. The summed E-state index contributed by atoms with van der Waals surface area (Å²) < 4.78 is 10.8. The third-order valence-corrected chi connectivity index (χ3v) is 5.41. The Hall–Kier alpha value is -3.88. The lowest BCUT2D eigenvalue weighted by molar-refractivity contribution is -0.155. The Morgan fingerprint density at radius 1 is 1.11 bits per heavy atom. The number of hydrogen-bond acceptors (Lipinski definition) is 6. The summed E-state index contributed by atoms with van der Waals surface area (Å²) in [6.45, 7) is 5.94. The predicted octanol–water partition coefficient (Wildman–Crippen LogP) is 3.10. The maximum atomic E-state index is 13.4. The van der Waals surface area contributed by atoms with Gasteiger partial charge in [0.1, 0.15) is 11.4 Å².